The summed E-state index contributed by atoms with van der Waals surface area (Å²) < 4.78 is 7.12. The highest BCUT2D eigenvalue weighted by molar-refractivity contribution is 6.13. The van der Waals surface area contributed by atoms with Gasteiger partial charge in [-0.2, -0.15) is 0 Å². The Morgan fingerprint density at radius 1 is 1.28 bits per heavy atom. The van der Waals surface area contributed by atoms with E-state index in [4.69, 9.17) is 4.74 Å². The lowest BCUT2D eigenvalue weighted by molar-refractivity contribution is -0.123. The Morgan fingerprint density at radius 3 is 2.59 bits per heavy atom. The van der Waals surface area contributed by atoms with E-state index in [-0.39, 0.29) is 25.0 Å². The van der Waals surface area contributed by atoms with Gasteiger partial charge in [0.25, 0.3) is 0 Å². The number of anilines is 1. The number of ether oxygens (including phenoxy) is 1. The van der Waals surface area contributed by atoms with Crippen molar-refractivity contribution in [1.82, 2.24) is 19.6 Å². The fraction of sp³-hybridized carbons (Fsp3) is 0.500. The Morgan fingerprint density at radius 2 is 2.00 bits per heavy atom. The highest BCUT2D eigenvalue weighted by Crippen LogP contribution is 2.42. The number of hydrogen-bond acceptors (Lipinski definition) is 5. The fourth-order valence-corrected chi connectivity index (χ4v) is 3.34. The van der Waals surface area contributed by atoms with Crippen molar-refractivity contribution < 1.29 is 19.1 Å². The number of carbonyl (C=O) groups is 3. The summed E-state index contributed by atoms with van der Waals surface area (Å²) in [5, 5.41) is 2.70. The number of hydrogen-bond donors (Lipinski definition) is 1. The quantitative estimate of drug-likeness (QED) is 0.798. The predicted octanol–water partition coefficient (Wildman–Crippen LogP) is 2.63. The number of urea groups is 1. The molecule has 0 unspecified atom stereocenters. The number of alkyl carbamates (subject to hydrolysis) is 1. The topological polar surface area (TPSA) is 96.2 Å². The van der Waals surface area contributed by atoms with Crippen molar-refractivity contribution in [2.45, 2.75) is 51.7 Å². The minimum atomic E-state index is -0.579. The van der Waals surface area contributed by atoms with E-state index in [1.54, 1.807) is 20.8 Å². The van der Waals surface area contributed by atoms with Gasteiger partial charge >= 0.3 is 12.1 Å². The summed E-state index contributed by atoms with van der Waals surface area (Å²) in [6.07, 6.45) is 5.54. The second kappa shape index (κ2) is 6.75. The van der Waals surface area contributed by atoms with Gasteiger partial charge in [-0.3, -0.25) is 14.6 Å². The van der Waals surface area contributed by atoms with Gasteiger partial charge in [0, 0.05) is 19.4 Å². The molecule has 154 valence electrons. The smallest absolute Gasteiger partial charge is 0.407 e. The van der Waals surface area contributed by atoms with Crippen LogP contribution in [0.4, 0.5) is 15.3 Å². The molecule has 1 saturated heterocycles. The molecular weight excluding hydrogens is 374 g/mol. The highest BCUT2D eigenvalue weighted by atomic mass is 16.6. The monoisotopic (exact) mass is 399 g/mol. The minimum Gasteiger partial charge on any atom is -0.444 e. The number of carbonyl (C=O) groups excluding carboxylic acids is 3. The van der Waals surface area contributed by atoms with Gasteiger partial charge in [0.05, 0.1) is 17.9 Å². The summed E-state index contributed by atoms with van der Waals surface area (Å²) in [6, 6.07) is 1.59. The average molecular weight is 399 g/mol. The molecule has 2 fully saturated rings. The molecule has 2 aliphatic rings. The van der Waals surface area contributed by atoms with Gasteiger partial charge in [0.15, 0.2) is 5.65 Å². The molecule has 4 amide bonds. The van der Waals surface area contributed by atoms with Gasteiger partial charge in [-0.15, -0.1) is 0 Å². The molecule has 1 aliphatic carbocycles. The summed E-state index contributed by atoms with van der Waals surface area (Å²) in [5.41, 5.74) is 2.36. The third-order valence-electron chi connectivity index (χ3n) is 4.94. The number of imidazole rings is 1. The van der Waals surface area contributed by atoms with Gasteiger partial charge < -0.3 is 14.5 Å². The van der Waals surface area contributed by atoms with Crippen molar-refractivity contribution in [3.63, 3.8) is 0 Å². The molecule has 0 spiro atoms. The lowest BCUT2D eigenvalue weighted by atomic mass is 10.1. The third-order valence-corrected chi connectivity index (χ3v) is 4.94. The first-order valence-corrected chi connectivity index (χ1v) is 9.69. The van der Waals surface area contributed by atoms with Crippen LogP contribution in [-0.2, 0) is 16.1 Å². The maximum absolute atomic E-state index is 12.5. The normalized spacial score (nSPS) is 17.4. The van der Waals surface area contributed by atoms with Crippen LogP contribution in [0, 0.1) is 0 Å². The van der Waals surface area contributed by atoms with E-state index in [2.05, 4.69) is 10.3 Å². The molecule has 3 heterocycles. The number of nitrogens with one attached hydrogen (secondary N) is 1. The molecule has 1 aliphatic heterocycles. The van der Waals surface area contributed by atoms with Crippen molar-refractivity contribution in [3.8, 4) is 0 Å². The molecule has 0 bridgehead atoms. The molecule has 9 heteroatoms. The van der Waals surface area contributed by atoms with E-state index < -0.39 is 11.7 Å². The molecule has 0 atom stereocenters. The Balaban J connectivity index is 1.64. The Hall–Kier alpha value is -3.10. The summed E-state index contributed by atoms with van der Waals surface area (Å²) >= 11 is 0. The number of fused-ring (bicyclic) bond motifs is 1. The van der Waals surface area contributed by atoms with E-state index in [0.717, 1.165) is 23.3 Å². The van der Waals surface area contributed by atoms with E-state index in [1.165, 1.54) is 11.9 Å². The molecule has 29 heavy (non-hydrogen) atoms. The van der Waals surface area contributed by atoms with Crippen molar-refractivity contribution in [2.75, 3.05) is 18.5 Å². The molecule has 1 N–H and O–H groups in total. The van der Waals surface area contributed by atoms with Crippen molar-refractivity contribution in [2.24, 2.45) is 0 Å². The number of likely N-dealkylation sites (N-methyl/N-ethyl adjacent to an activating group) is 1. The molecule has 2 aromatic heterocycles. The van der Waals surface area contributed by atoms with Crippen LogP contribution in [0.15, 0.2) is 18.5 Å². The van der Waals surface area contributed by atoms with Crippen LogP contribution < -0.4 is 10.2 Å². The van der Waals surface area contributed by atoms with E-state index >= 15 is 0 Å². The SMILES string of the molecule is CN1C(=O)CN(c2cc(C3CC3)cn3cc(CNC(=O)OC(C)(C)C)nc23)C1=O. The van der Waals surface area contributed by atoms with Crippen LogP contribution in [0.1, 0.15) is 50.8 Å². The van der Waals surface area contributed by atoms with Crippen LogP contribution in [0.5, 0.6) is 0 Å². The van der Waals surface area contributed by atoms with Gasteiger partial charge in [-0.05, 0) is 51.2 Å². The third kappa shape index (κ3) is 3.90. The van der Waals surface area contributed by atoms with E-state index in [9.17, 15) is 14.4 Å². The van der Waals surface area contributed by atoms with E-state index in [1.807, 2.05) is 22.9 Å². The van der Waals surface area contributed by atoms with Gasteiger partial charge in [0.1, 0.15) is 12.1 Å². The number of rotatable bonds is 4. The molecule has 4 rings (SSSR count). The maximum atomic E-state index is 12.5. The molecule has 0 radical (unpaired) electrons. The number of amides is 4. The number of aromatic nitrogens is 2. The standard InChI is InChI=1S/C20H25N5O4/c1-20(2,3)29-18(27)21-8-14-10-24-9-13(12-5-6-12)7-15(17(24)22-14)25-11-16(26)23(4)19(25)28/h7,9-10,12H,5-6,8,11H2,1-4H3,(H,21,27). The molecule has 9 nitrogen and oxygen atoms in total. The second-order valence-corrected chi connectivity index (χ2v) is 8.57. The zero-order valence-electron chi connectivity index (χ0n) is 17.1. The summed E-state index contributed by atoms with van der Waals surface area (Å²) in [5.74, 6) is 0.221. The van der Waals surface area contributed by atoms with E-state index in [0.29, 0.717) is 22.9 Å². The summed E-state index contributed by atoms with van der Waals surface area (Å²) in [4.78, 5) is 43.6. The number of imide groups is 1. The van der Waals surface area contributed by atoms with Crippen molar-refractivity contribution in [1.29, 1.82) is 0 Å². The zero-order valence-corrected chi connectivity index (χ0v) is 17.1. The first-order chi connectivity index (χ1) is 13.6. The Kier molecular flexibility index (Phi) is 4.48. The lowest BCUT2D eigenvalue weighted by Gasteiger charge is -2.19. The molecule has 0 aromatic carbocycles. The number of pyridine rings is 1. The van der Waals surface area contributed by atoms with Crippen LogP contribution >= 0.6 is 0 Å². The van der Waals surface area contributed by atoms with Crippen molar-refractivity contribution >= 4 is 29.4 Å². The minimum absolute atomic E-state index is 0.00251. The number of nitrogens with zero attached hydrogens (tertiary/aromatic N) is 4. The van der Waals surface area contributed by atoms with Crippen molar-refractivity contribution in [3.05, 3.63) is 29.7 Å². The lowest BCUT2D eigenvalue weighted by Crippen LogP contribution is -2.32. The highest BCUT2D eigenvalue weighted by Gasteiger charge is 2.36. The van der Waals surface area contributed by atoms with Crippen LogP contribution in [0.25, 0.3) is 5.65 Å². The van der Waals surface area contributed by atoms with Gasteiger partial charge in [-0.25, -0.2) is 14.6 Å². The maximum Gasteiger partial charge on any atom is 0.407 e. The summed E-state index contributed by atoms with van der Waals surface area (Å²) in [7, 11) is 1.48. The zero-order chi connectivity index (χ0) is 20.9. The van der Waals surface area contributed by atoms with Crippen LogP contribution in [-0.4, -0.2) is 51.5 Å². The second-order valence-electron chi connectivity index (χ2n) is 8.57. The molecule has 1 saturated carbocycles. The largest absolute Gasteiger partial charge is 0.444 e. The molecular formula is C20H25N5O4. The molecule has 2 aromatic rings. The Labute approximate surface area is 168 Å². The summed E-state index contributed by atoms with van der Waals surface area (Å²) in [6.45, 7) is 5.59. The fourth-order valence-electron chi connectivity index (χ4n) is 3.34. The average Bonchev–Trinajstić information content (AvgIpc) is 3.35. The van der Waals surface area contributed by atoms with Gasteiger partial charge in [0.2, 0.25) is 5.91 Å². The van der Waals surface area contributed by atoms with Crippen LogP contribution in [0.2, 0.25) is 0 Å². The van der Waals surface area contributed by atoms with Crippen LogP contribution in [0.3, 0.4) is 0 Å². The van der Waals surface area contributed by atoms with Gasteiger partial charge in [-0.1, -0.05) is 0 Å². The Bertz CT molecular complexity index is 1000. The first kappa shape index (κ1) is 19.2. The first-order valence-electron chi connectivity index (χ1n) is 9.69. The predicted molar refractivity (Wildman–Crippen MR) is 106 cm³/mol.